The first-order chi connectivity index (χ1) is 16.7. The zero-order valence-electron chi connectivity index (χ0n) is 20.2. The molecule has 2 aromatic rings. The van der Waals surface area contributed by atoms with Crippen molar-refractivity contribution >= 4 is 0 Å². The molecular weight excluding hydrogens is 435 g/mol. The molecule has 34 heavy (non-hydrogen) atoms. The van der Waals surface area contributed by atoms with Crippen LogP contribution in [0.1, 0.15) is 56.6 Å². The molecule has 1 aliphatic rings. The molecule has 5 atom stereocenters. The van der Waals surface area contributed by atoms with Gasteiger partial charge in [0.1, 0.15) is 31.1 Å². The van der Waals surface area contributed by atoms with Crippen molar-refractivity contribution in [3.63, 3.8) is 0 Å². The number of halogens is 1. The van der Waals surface area contributed by atoms with Gasteiger partial charge in [0.05, 0.1) is 13.2 Å². The standard InChI is InChI=1S/C28H39FO5/c1-2-3-4-5-6-13-18-31-28-27(33-21-23-16-11-8-12-17-23)26(25(34-28)24(30)19-29)32-20-22-14-9-7-10-15-22/h7-12,14-17,24-28,30H,2-6,13,18-21H2,1H3/t24-,25+,26+,27-,28-/m1/s1. The molecule has 0 amide bonds. The second kappa shape index (κ2) is 15.2. The van der Waals surface area contributed by atoms with E-state index >= 15 is 0 Å². The third-order valence-electron chi connectivity index (χ3n) is 6.09. The highest BCUT2D eigenvalue weighted by molar-refractivity contribution is 5.14. The monoisotopic (exact) mass is 474 g/mol. The van der Waals surface area contributed by atoms with Crippen molar-refractivity contribution in [3.05, 3.63) is 71.8 Å². The minimum absolute atomic E-state index is 0.305. The van der Waals surface area contributed by atoms with E-state index in [2.05, 4.69) is 6.92 Å². The SMILES string of the molecule is CCCCCCCCO[C@@H]1O[C@@H]([C@H](O)CF)[C@H](OCc2ccccc2)[C@H]1OCc1ccccc1. The number of ether oxygens (including phenoxy) is 4. The van der Waals surface area contributed by atoms with E-state index in [-0.39, 0.29) is 0 Å². The molecule has 188 valence electrons. The van der Waals surface area contributed by atoms with Crippen LogP contribution in [-0.2, 0) is 32.2 Å². The summed E-state index contributed by atoms with van der Waals surface area (Å²) in [5.74, 6) is 0. The van der Waals surface area contributed by atoms with Crippen LogP contribution in [0.2, 0.25) is 0 Å². The van der Waals surface area contributed by atoms with Gasteiger partial charge in [-0.25, -0.2) is 4.39 Å². The molecule has 2 aromatic carbocycles. The van der Waals surface area contributed by atoms with Gasteiger partial charge in [0.25, 0.3) is 0 Å². The van der Waals surface area contributed by atoms with Crippen molar-refractivity contribution < 1.29 is 28.4 Å². The van der Waals surface area contributed by atoms with E-state index in [1.165, 1.54) is 25.7 Å². The molecule has 1 fully saturated rings. The Kier molecular flexibility index (Phi) is 12.0. The largest absolute Gasteiger partial charge is 0.388 e. The summed E-state index contributed by atoms with van der Waals surface area (Å²) < 4.78 is 37.9. The minimum atomic E-state index is -1.31. The van der Waals surface area contributed by atoms with Crippen LogP contribution in [0.4, 0.5) is 4.39 Å². The van der Waals surface area contributed by atoms with Crippen LogP contribution < -0.4 is 0 Å². The van der Waals surface area contributed by atoms with Crippen molar-refractivity contribution in [2.45, 2.75) is 89.4 Å². The van der Waals surface area contributed by atoms with E-state index in [0.717, 1.165) is 24.0 Å². The predicted molar refractivity (Wildman–Crippen MR) is 130 cm³/mol. The summed E-state index contributed by atoms with van der Waals surface area (Å²) in [4.78, 5) is 0. The molecule has 0 saturated carbocycles. The molecule has 1 saturated heterocycles. The van der Waals surface area contributed by atoms with E-state index in [1.54, 1.807) is 0 Å². The summed E-state index contributed by atoms with van der Waals surface area (Å²) in [6.07, 6.45) is 2.73. The Morgan fingerprint density at radius 3 is 1.94 bits per heavy atom. The Bertz CT molecular complexity index is 775. The topological polar surface area (TPSA) is 57.2 Å². The van der Waals surface area contributed by atoms with Crippen molar-refractivity contribution in [1.29, 1.82) is 0 Å². The lowest BCUT2D eigenvalue weighted by atomic mass is 10.1. The third kappa shape index (κ3) is 8.43. The van der Waals surface area contributed by atoms with Gasteiger partial charge in [-0.15, -0.1) is 0 Å². The quantitative estimate of drug-likeness (QED) is 0.322. The summed E-state index contributed by atoms with van der Waals surface area (Å²) >= 11 is 0. The Morgan fingerprint density at radius 1 is 0.794 bits per heavy atom. The smallest absolute Gasteiger partial charge is 0.186 e. The van der Waals surface area contributed by atoms with Gasteiger partial charge in [-0.2, -0.15) is 0 Å². The van der Waals surface area contributed by atoms with Gasteiger partial charge in [-0.3, -0.25) is 0 Å². The molecule has 1 aliphatic heterocycles. The van der Waals surface area contributed by atoms with Crippen LogP contribution in [0.3, 0.4) is 0 Å². The molecule has 6 heteroatoms. The van der Waals surface area contributed by atoms with E-state index in [9.17, 15) is 9.50 Å². The van der Waals surface area contributed by atoms with E-state index < -0.39 is 37.4 Å². The van der Waals surface area contributed by atoms with Crippen molar-refractivity contribution in [1.82, 2.24) is 0 Å². The lowest BCUT2D eigenvalue weighted by molar-refractivity contribution is -0.189. The van der Waals surface area contributed by atoms with Gasteiger partial charge in [-0.05, 0) is 17.5 Å². The van der Waals surface area contributed by atoms with Crippen molar-refractivity contribution in [3.8, 4) is 0 Å². The van der Waals surface area contributed by atoms with E-state index in [4.69, 9.17) is 18.9 Å². The summed E-state index contributed by atoms with van der Waals surface area (Å²) in [5.41, 5.74) is 1.99. The second-order valence-electron chi connectivity index (χ2n) is 8.85. The molecule has 0 aromatic heterocycles. The van der Waals surface area contributed by atoms with Gasteiger partial charge in [-0.1, -0.05) is 99.7 Å². The van der Waals surface area contributed by atoms with E-state index in [1.807, 2.05) is 60.7 Å². The van der Waals surface area contributed by atoms with Gasteiger partial charge in [0.2, 0.25) is 0 Å². The maximum Gasteiger partial charge on any atom is 0.186 e. The summed E-state index contributed by atoms with van der Waals surface area (Å²) in [6.45, 7) is 2.45. The molecule has 3 rings (SSSR count). The van der Waals surface area contributed by atoms with Crippen molar-refractivity contribution in [2.24, 2.45) is 0 Å². The molecule has 0 aliphatic carbocycles. The second-order valence-corrected chi connectivity index (χ2v) is 8.85. The van der Waals surface area contributed by atoms with Crippen molar-refractivity contribution in [2.75, 3.05) is 13.3 Å². The minimum Gasteiger partial charge on any atom is -0.388 e. The fourth-order valence-electron chi connectivity index (χ4n) is 4.16. The highest BCUT2D eigenvalue weighted by Gasteiger charge is 2.50. The van der Waals surface area contributed by atoms with Gasteiger partial charge in [0.15, 0.2) is 6.29 Å². The number of benzene rings is 2. The van der Waals surface area contributed by atoms with Crippen LogP contribution >= 0.6 is 0 Å². The molecule has 0 radical (unpaired) electrons. The zero-order chi connectivity index (χ0) is 24.0. The molecule has 5 nitrogen and oxygen atoms in total. The Hall–Kier alpha value is -1.83. The van der Waals surface area contributed by atoms with Crippen LogP contribution in [0.15, 0.2) is 60.7 Å². The average molecular weight is 475 g/mol. The Balaban J connectivity index is 1.65. The normalized spacial score (nSPS) is 23.3. The summed E-state index contributed by atoms with van der Waals surface area (Å²) in [7, 11) is 0. The first kappa shape index (κ1) is 26.8. The number of rotatable bonds is 16. The zero-order valence-corrected chi connectivity index (χ0v) is 20.2. The fourth-order valence-corrected chi connectivity index (χ4v) is 4.16. The highest BCUT2D eigenvalue weighted by atomic mass is 19.1. The molecule has 0 spiro atoms. The first-order valence-corrected chi connectivity index (χ1v) is 12.5. The predicted octanol–water partition coefficient (Wildman–Crippen LogP) is 5.59. The summed E-state index contributed by atoms with van der Waals surface area (Å²) in [6, 6.07) is 19.6. The van der Waals surface area contributed by atoms with Crippen LogP contribution in [-0.4, -0.2) is 49.1 Å². The number of hydrogen-bond acceptors (Lipinski definition) is 5. The average Bonchev–Trinajstić information content (AvgIpc) is 3.23. The number of unbranched alkanes of at least 4 members (excludes halogenated alkanes) is 5. The van der Waals surface area contributed by atoms with Gasteiger partial charge >= 0.3 is 0 Å². The maximum absolute atomic E-state index is 13.5. The number of hydrogen-bond donors (Lipinski definition) is 1. The fraction of sp³-hybridized carbons (Fsp3) is 0.571. The molecular formula is C28H39FO5. The molecule has 0 unspecified atom stereocenters. The van der Waals surface area contributed by atoms with Gasteiger partial charge < -0.3 is 24.1 Å². The van der Waals surface area contributed by atoms with E-state index in [0.29, 0.717) is 19.8 Å². The lowest BCUT2D eigenvalue weighted by Gasteiger charge is -2.26. The van der Waals surface area contributed by atoms with Crippen LogP contribution in [0.25, 0.3) is 0 Å². The molecule has 1 heterocycles. The summed E-state index contributed by atoms with van der Waals surface area (Å²) in [5, 5.41) is 10.3. The maximum atomic E-state index is 13.5. The number of alkyl halides is 1. The highest BCUT2D eigenvalue weighted by Crippen LogP contribution is 2.31. The lowest BCUT2D eigenvalue weighted by Crippen LogP contribution is -2.43. The Labute approximate surface area is 203 Å². The first-order valence-electron chi connectivity index (χ1n) is 12.5. The van der Waals surface area contributed by atoms with Crippen LogP contribution in [0, 0.1) is 0 Å². The molecule has 1 N–H and O–H groups in total. The Morgan fingerprint density at radius 2 is 1.35 bits per heavy atom. The number of aliphatic hydroxyl groups is 1. The van der Waals surface area contributed by atoms with Gasteiger partial charge in [0, 0.05) is 6.61 Å². The molecule has 0 bridgehead atoms. The van der Waals surface area contributed by atoms with Crippen LogP contribution in [0.5, 0.6) is 0 Å². The number of aliphatic hydroxyl groups excluding tert-OH is 1. The third-order valence-corrected chi connectivity index (χ3v) is 6.09.